The molecule has 4 rings (SSSR count). The molecule has 0 bridgehead atoms. The van der Waals surface area contributed by atoms with E-state index in [0.717, 1.165) is 42.1 Å². The van der Waals surface area contributed by atoms with Crippen LogP contribution in [0.15, 0.2) is 0 Å². The van der Waals surface area contributed by atoms with Gasteiger partial charge in [-0.3, -0.25) is 10.00 Å². The third kappa shape index (κ3) is 3.56. The van der Waals surface area contributed by atoms with Crippen molar-refractivity contribution in [3.63, 3.8) is 0 Å². The maximum Gasteiger partial charge on any atom is 0.0951 e. The molecule has 2 saturated heterocycles. The first-order chi connectivity index (χ1) is 12.6. The van der Waals surface area contributed by atoms with Gasteiger partial charge in [-0.25, -0.2) is 0 Å². The van der Waals surface area contributed by atoms with Crippen LogP contribution in [-0.4, -0.2) is 63.9 Å². The number of aromatic amines is 1. The molecule has 2 N–H and O–H groups in total. The van der Waals surface area contributed by atoms with Crippen molar-refractivity contribution in [2.75, 3.05) is 32.8 Å². The molecule has 146 valence electrons. The highest BCUT2D eigenvalue weighted by molar-refractivity contribution is 6.31. The molecule has 1 aliphatic carbocycles. The number of aromatic nitrogens is 2. The minimum atomic E-state index is 0.299. The first-order valence-electron chi connectivity index (χ1n) is 10.4. The fourth-order valence-electron chi connectivity index (χ4n) is 5.62. The number of nitrogens with zero attached hydrogens (tertiary/aromatic N) is 3. The van der Waals surface area contributed by atoms with Gasteiger partial charge in [0.1, 0.15) is 0 Å². The highest BCUT2D eigenvalue weighted by Crippen LogP contribution is 2.46. The van der Waals surface area contributed by atoms with E-state index in [0.29, 0.717) is 17.9 Å². The second kappa shape index (κ2) is 7.78. The van der Waals surface area contributed by atoms with Gasteiger partial charge in [-0.2, -0.15) is 5.10 Å². The molecular weight excluding hydrogens is 348 g/mol. The monoisotopic (exact) mass is 380 g/mol. The predicted molar refractivity (Wildman–Crippen MR) is 104 cm³/mol. The van der Waals surface area contributed by atoms with Crippen molar-refractivity contribution in [3.8, 4) is 0 Å². The molecule has 26 heavy (non-hydrogen) atoms. The third-order valence-electron chi connectivity index (χ3n) is 7.44. The molecule has 1 aromatic rings. The highest BCUT2D eigenvalue weighted by Gasteiger charge is 2.45. The Morgan fingerprint density at radius 2 is 1.88 bits per heavy atom. The van der Waals surface area contributed by atoms with Crippen LogP contribution in [0, 0.1) is 18.3 Å². The lowest BCUT2D eigenvalue weighted by Crippen LogP contribution is -2.54. The molecule has 0 aromatic carbocycles. The summed E-state index contributed by atoms with van der Waals surface area (Å²) >= 11 is 6.34. The zero-order chi connectivity index (χ0) is 18.1. The second-order valence-corrected chi connectivity index (χ2v) is 9.19. The molecule has 2 aliphatic heterocycles. The quantitative estimate of drug-likeness (QED) is 0.842. The minimum Gasteiger partial charge on any atom is -0.396 e. The Morgan fingerprint density at radius 3 is 2.50 bits per heavy atom. The zero-order valence-corrected chi connectivity index (χ0v) is 16.8. The summed E-state index contributed by atoms with van der Waals surface area (Å²) < 4.78 is 0. The molecule has 1 saturated carbocycles. The number of aryl methyl sites for hydroxylation is 1. The molecule has 1 spiro atoms. The number of hydrogen-bond acceptors (Lipinski definition) is 4. The topological polar surface area (TPSA) is 55.4 Å². The maximum atomic E-state index is 10.1. The van der Waals surface area contributed by atoms with Crippen LogP contribution in [0.2, 0.25) is 5.02 Å². The van der Waals surface area contributed by atoms with Crippen LogP contribution >= 0.6 is 11.6 Å². The summed E-state index contributed by atoms with van der Waals surface area (Å²) in [5, 5.41) is 18.2. The molecule has 0 radical (unpaired) electrons. The van der Waals surface area contributed by atoms with Crippen molar-refractivity contribution < 1.29 is 5.11 Å². The fourth-order valence-corrected chi connectivity index (χ4v) is 5.77. The summed E-state index contributed by atoms with van der Waals surface area (Å²) in [6, 6.07) is 0.838. The van der Waals surface area contributed by atoms with E-state index in [1.165, 1.54) is 58.0 Å². The number of rotatable bonds is 4. The van der Waals surface area contributed by atoms with Gasteiger partial charge in [0.05, 0.1) is 16.4 Å². The molecule has 0 unspecified atom stereocenters. The Bertz CT molecular complexity index is 605. The zero-order valence-electron chi connectivity index (χ0n) is 16.0. The number of piperidine rings is 2. The fraction of sp³-hybridized carbons (Fsp3) is 0.850. The Balaban J connectivity index is 1.36. The van der Waals surface area contributed by atoms with Crippen molar-refractivity contribution in [1.29, 1.82) is 0 Å². The van der Waals surface area contributed by atoms with Crippen molar-refractivity contribution in [3.05, 3.63) is 16.4 Å². The van der Waals surface area contributed by atoms with Gasteiger partial charge in [-0.1, -0.05) is 24.4 Å². The number of nitrogens with one attached hydrogen (secondary N) is 1. The smallest absolute Gasteiger partial charge is 0.0951 e. The summed E-state index contributed by atoms with van der Waals surface area (Å²) in [5.74, 6) is 0.376. The molecule has 3 aliphatic rings. The number of aliphatic hydroxyl groups excluding tert-OH is 1. The van der Waals surface area contributed by atoms with Crippen LogP contribution in [-0.2, 0) is 6.54 Å². The first kappa shape index (κ1) is 18.7. The lowest BCUT2D eigenvalue weighted by molar-refractivity contribution is -0.0501. The SMILES string of the molecule is Cc1[nH]nc(CN2CCC3(CCN(C4CCCC4)CC3)[C@@H](CO)C2)c1Cl. The van der Waals surface area contributed by atoms with E-state index < -0.39 is 0 Å². The average molecular weight is 381 g/mol. The molecule has 3 fully saturated rings. The van der Waals surface area contributed by atoms with E-state index in [2.05, 4.69) is 20.0 Å². The largest absolute Gasteiger partial charge is 0.396 e. The molecule has 3 heterocycles. The summed E-state index contributed by atoms with van der Waals surface area (Å²) in [6.45, 7) is 7.54. The molecule has 1 atom stereocenters. The Labute approximate surface area is 162 Å². The summed E-state index contributed by atoms with van der Waals surface area (Å²) in [7, 11) is 0. The molecular formula is C20H33ClN4O. The second-order valence-electron chi connectivity index (χ2n) is 8.81. The molecule has 5 nitrogen and oxygen atoms in total. The van der Waals surface area contributed by atoms with Gasteiger partial charge < -0.3 is 10.0 Å². The van der Waals surface area contributed by atoms with E-state index >= 15 is 0 Å². The molecule has 1 aromatic heterocycles. The van der Waals surface area contributed by atoms with Crippen molar-refractivity contribution in [2.45, 2.75) is 64.5 Å². The van der Waals surface area contributed by atoms with Crippen LogP contribution in [0.1, 0.15) is 56.3 Å². The van der Waals surface area contributed by atoms with Crippen LogP contribution < -0.4 is 0 Å². The Morgan fingerprint density at radius 1 is 1.19 bits per heavy atom. The third-order valence-corrected chi connectivity index (χ3v) is 7.94. The minimum absolute atomic E-state index is 0.299. The molecule has 0 amide bonds. The van der Waals surface area contributed by atoms with Gasteiger partial charge in [-0.15, -0.1) is 0 Å². The lowest BCUT2D eigenvalue weighted by Gasteiger charge is -2.52. The number of H-pyrrole nitrogens is 1. The maximum absolute atomic E-state index is 10.1. The van der Waals surface area contributed by atoms with Crippen molar-refractivity contribution >= 4 is 11.6 Å². The lowest BCUT2D eigenvalue weighted by atomic mass is 9.64. The summed E-state index contributed by atoms with van der Waals surface area (Å²) in [5.41, 5.74) is 2.21. The van der Waals surface area contributed by atoms with E-state index in [-0.39, 0.29) is 0 Å². The van der Waals surface area contributed by atoms with Crippen LogP contribution in [0.5, 0.6) is 0 Å². The van der Waals surface area contributed by atoms with E-state index in [9.17, 15) is 5.11 Å². The normalized spacial score (nSPS) is 28.2. The summed E-state index contributed by atoms with van der Waals surface area (Å²) in [6.07, 6.45) is 9.32. The van der Waals surface area contributed by atoms with Crippen LogP contribution in [0.25, 0.3) is 0 Å². The van der Waals surface area contributed by atoms with Gasteiger partial charge >= 0.3 is 0 Å². The van der Waals surface area contributed by atoms with E-state index in [1.54, 1.807) is 0 Å². The number of aliphatic hydroxyl groups is 1. The van der Waals surface area contributed by atoms with Crippen LogP contribution in [0.4, 0.5) is 0 Å². The number of likely N-dealkylation sites (tertiary alicyclic amines) is 2. The average Bonchev–Trinajstić information content (AvgIpc) is 3.30. The predicted octanol–water partition coefficient (Wildman–Crippen LogP) is 3.21. The Kier molecular flexibility index (Phi) is 5.61. The van der Waals surface area contributed by atoms with Gasteiger partial charge in [-0.05, 0) is 64.1 Å². The van der Waals surface area contributed by atoms with Crippen LogP contribution in [0.3, 0.4) is 0 Å². The summed E-state index contributed by atoms with van der Waals surface area (Å²) in [4.78, 5) is 5.17. The van der Waals surface area contributed by atoms with E-state index in [1.807, 2.05) is 6.92 Å². The highest BCUT2D eigenvalue weighted by atomic mass is 35.5. The van der Waals surface area contributed by atoms with Gasteiger partial charge in [0.15, 0.2) is 0 Å². The number of hydrogen-bond donors (Lipinski definition) is 2. The van der Waals surface area contributed by atoms with E-state index in [4.69, 9.17) is 11.6 Å². The van der Waals surface area contributed by atoms with Crippen molar-refractivity contribution in [2.24, 2.45) is 11.3 Å². The number of halogens is 1. The van der Waals surface area contributed by atoms with Gasteiger partial charge in [0.2, 0.25) is 0 Å². The Hall–Kier alpha value is -0.620. The first-order valence-corrected chi connectivity index (χ1v) is 10.8. The standard InChI is InChI=1S/C20H33ClN4O/c1-15-19(21)18(23-22-15)13-24-9-6-20(16(12-24)14-26)7-10-25(11-8-20)17-4-2-3-5-17/h16-17,26H,2-14H2,1H3,(H,22,23)/t16-/m1/s1. The van der Waals surface area contributed by atoms with Crippen molar-refractivity contribution in [1.82, 2.24) is 20.0 Å². The molecule has 6 heteroatoms. The van der Waals surface area contributed by atoms with Gasteiger partial charge in [0, 0.05) is 31.7 Å². The van der Waals surface area contributed by atoms with Gasteiger partial charge in [0.25, 0.3) is 0 Å².